The first-order chi connectivity index (χ1) is 8.76. The second kappa shape index (κ2) is 9.71. The van der Waals surface area contributed by atoms with Gasteiger partial charge in [0.05, 0.1) is 0 Å². The molecular weight excluding hydrogens is 242 g/mol. The summed E-state index contributed by atoms with van der Waals surface area (Å²) in [6, 6.07) is 0. The molecule has 1 heterocycles. The minimum Gasteiger partial charge on any atom is -0.356 e. The fourth-order valence-corrected chi connectivity index (χ4v) is 3.74. The smallest absolute Gasteiger partial charge is 0.220 e. The lowest BCUT2D eigenvalue weighted by molar-refractivity contribution is -0.121. The van der Waals surface area contributed by atoms with E-state index in [2.05, 4.69) is 19.2 Å². The summed E-state index contributed by atoms with van der Waals surface area (Å²) in [6.45, 7) is 5.33. The molecule has 0 spiro atoms. The lowest BCUT2D eigenvalue weighted by Gasteiger charge is -2.15. The van der Waals surface area contributed by atoms with Crippen molar-refractivity contribution in [1.82, 2.24) is 5.32 Å². The first-order valence-electron chi connectivity index (χ1n) is 7.64. The van der Waals surface area contributed by atoms with E-state index in [0.29, 0.717) is 5.92 Å². The Balaban J connectivity index is 2.06. The molecule has 1 saturated heterocycles. The van der Waals surface area contributed by atoms with Crippen molar-refractivity contribution in [3.8, 4) is 0 Å². The number of thioether (sulfide) groups is 1. The number of carbonyl (C=O) groups excluding carboxylic acids is 1. The molecule has 2 atom stereocenters. The van der Waals surface area contributed by atoms with Gasteiger partial charge < -0.3 is 5.32 Å². The highest BCUT2D eigenvalue weighted by molar-refractivity contribution is 8.00. The van der Waals surface area contributed by atoms with E-state index in [-0.39, 0.29) is 5.91 Å². The van der Waals surface area contributed by atoms with Gasteiger partial charge in [-0.05, 0) is 37.4 Å². The van der Waals surface area contributed by atoms with Gasteiger partial charge in [-0.3, -0.25) is 4.79 Å². The average molecular weight is 271 g/mol. The maximum Gasteiger partial charge on any atom is 0.220 e. The summed E-state index contributed by atoms with van der Waals surface area (Å²) in [5, 5.41) is 3.87. The molecule has 0 saturated carbocycles. The van der Waals surface area contributed by atoms with Gasteiger partial charge in [-0.1, -0.05) is 33.1 Å². The molecule has 18 heavy (non-hydrogen) atoms. The first kappa shape index (κ1) is 15.9. The third kappa shape index (κ3) is 6.67. The normalized spacial score (nSPS) is 20.9. The van der Waals surface area contributed by atoms with E-state index in [0.717, 1.165) is 24.6 Å². The predicted octanol–water partition coefficient (Wildman–Crippen LogP) is 3.99. The van der Waals surface area contributed by atoms with Crippen molar-refractivity contribution in [3.63, 3.8) is 0 Å². The van der Waals surface area contributed by atoms with E-state index in [4.69, 9.17) is 0 Å². The van der Waals surface area contributed by atoms with Gasteiger partial charge in [0.15, 0.2) is 0 Å². The number of hydrogen-bond acceptors (Lipinski definition) is 2. The van der Waals surface area contributed by atoms with Crippen LogP contribution in [0.25, 0.3) is 0 Å². The molecule has 1 rings (SSSR count). The van der Waals surface area contributed by atoms with E-state index >= 15 is 0 Å². The van der Waals surface area contributed by atoms with Crippen molar-refractivity contribution in [1.29, 1.82) is 0 Å². The number of unbranched alkanes of at least 4 members (excludes halogenated alkanes) is 1. The Morgan fingerprint density at radius 3 is 2.89 bits per heavy atom. The van der Waals surface area contributed by atoms with Crippen LogP contribution in [0.1, 0.15) is 65.2 Å². The summed E-state index contributed by atoms with van der Waals surface area (Å²) in [6.07, 6.45) is 9.42. The van der Waals surface area contributed by atoms with E-state index < -0.39 is 0 Å². The highest BCUT2D eigenvalue weighted by Crippen LogP contribution is 2.29. The SMILES string of the molecule is CCCCC(CC)CNC(=O)CCC1CCCS1. The summed E-state index contributed by atoms with van der Waals surface area (Å²) < 4.78 is 0. The lowest BCUT2D eigenvalue weighted by atomic mass is 9.99. The minimum absolute atomic E-state index is 0.262. The third-order valence-corrected chi connectivity index (χ3v) is 5.32. The molecule has 2 nitrogen and oxygen atoms in total. The highest BCUT2D eigenvalue weighted by Gasteiger charge is 2.16. The number of nitrogens with one attached hydrogen (secondary N) is 1. The van der Waals surface area contributed by atoms with Gasteiger partial charge in [-0.15, -0.1) is 0 Å². The van der Waals surface area contributed by atoms with Crippen LogP contribution in [0.2, 0.25) is 0 Å². The van der Waals surface area contributed by atoms with Crippen molar-refractivity contribution in [2.75, 3.05) is 12.3 Å². The number of hydrogen-bond donors (Lipinski definition) is 1. The maximum atomic E-state index is 11.8. The number of rotatable bonds is 9. The van der Waals surface area contributed by atoms with Gasteiger partial charge in [-0.2, -0.15) is 11.8 Å². The van der Waals surface area contributed by atoms with Crippen LogP contribution in [0.3, 0.4) is 0 Å². The van der Waals surface area contributed by atoms with Gasteiger partial charge in [0, 0.05) is 18.2 Å². The summed E-state index contributed by atoms with van der Waals surface area (Å²) in [5.41, 5.74) is 0. The summed E-state index contributed by atoms with van der Waals surface area (Å²) >= 11 is 2.04. The molecule has 0 aromatic rings. The van der Waals surface area contributed by atoms with Gasteiger partial charge in [0.1, 0.15) is 0 Å². The van der Waals surface area contributed by atoms with Gasteiger partial charge in [-0.25, -0.2) is 0 Å². The lowest BCUT2D eigenvalue weighted by Crippen LogP contribution is -2.29. The molecule has 1 fully saturated rings. The van der Waals surface area contributed by atoms with Crippen molar-refractivity contribution >= 4 is 17.7 Å². The molecule has 0 aromatic carbocycles. The predicted molar refractivity (Wildman–Crippen MR) is 81.0 cm³/mol. The van der Waals surface area contributed by atoms with Crippen molar-refractivity contribution in [3.05, 3.63) is 0 Å². The van der Waals surface area contributed by atoms with Crippen LogP contribution in [0.4, 0.5) is 0 Å². The maximum absolute atomic E-state index is 11.8. The molecule has 1 aliphatic rings. The summed E-state index contributed by atoms with van der Waals surface area (Å²) in [5.74, 6) is 2.23. The molecular formula is C15H29NOS. The Bertz CT molecular complexity index is 227. The zero-order valence-electron chi connectivity index (χ0n) is 12.0. The molecule has 106 valence electrons. The molecule has 2 unspecified atom stereocenters. The first-order valence-corrected chi connectivity index (χ1v) is 8.69. The van der Waals surface area contributed by atoms with E-state index in [1.165, 1.54) is 44.3 Å². The Labute approximate surface area is 117 Å². The van der Waals surface area contributed by atoms with Crippen LogP contribution in [0.5, 0.6) is 0 Å². The standard InChI is InChI=1S/C15H29NOS/c1-3-5-7-13(4-2)12-16-15(17)10-9-14-8-6-11-18-14/h13-14H,3-12H2,1-2H3,(H,16,17). The van der Waals surface area contributed by atoms with Crippen LogP contribution in [-0.4, -0.2) is 23.5 Å². The Hall–Kier alpha value is -0.180. The number of carbonyl (C=O) groups is 1. The second-order valence-corrected chi connectivity index (χ2v) is 6.80. The van der Waals surface area contributed by atoms with Crippen LogP contribution in [0, 0.1) is 5.92 Å². The third-order valence-electron chi connectivity index (χ3n) is 3.85. The Morgan fingerprint density at radius 1 is 1.44 bits per heavy atom. The van der Waals surface area contributed by atoms with Crippen molar-refractivity contribution in [2.45, 2.75) is 70.5 Å². The Morgan fingerprint density at radius 2 is 2.28 bits per heavy atom. The molecule has 0 bridgehead atoms. The monoisotopic (exact) mass is 271 g/mol. The van der Waals surface area contributed by atoms with Crippen LogP contribution in [0.15, 0.2) is 0 Å². The zero-order valence-corrected chi connectivity index (χ0v) is 12.9. The van der Waals surface area contributed by atoms with Gasteiger partial charge in [0.25, 0.3) is 0 Å². The molecule has 1 N–H and O–H groups in total. The Kier molecular flexibility index (Phi) is 8.57. The molecule has 1 aliphatic heterocycles. The van der Waals surface area contributed by atoms with E-state index in [9.17, 15) is 4.79 Å². The molecule has 0 aliphatic carbocycles. The minimum atomic E-state index is 0.262. The van der Waals surface area contributed by atoms with E-state index in [1.54, 1.807) is 0 Å². The largest absolute Gasteiger partial charge is 0.356 e. The van der Waals surface area contributed by atoms with Crippen LogP contribution in [-0.2, 0) is 4.79 Å². The van der Waals surface area contributed by atoms with Crippen LogP contribution >= 0.6 is 11.8 Å². The second-order valence-electron chi connectivity index (χ2n) is 5.39. The molecule has 0 radical (unpaired) electrons. The fourth-order valence-electron chi connectivity index (χ4n) is 2.45. The van der Waals surface area contributed by atoms with Crippen molar-refractivity contribution < 1.29 is 4.79 Å². The van der Waals surface area contributed by atoms with Crippen molar-refractivity contribution in [2.24, 2.45) is 5.92 Å². The molecule has 3 heteroatoms. The van der Waals surface area contributed by atoms with Gasteiger partial charge >= 0.3 is 0 Å². The van der Waals surface area contributed by atoms with E-state index in [1.807, 2.05) is 11.8 Å². The summed E-state index contributed by atoms with van der Waals surface area (Å²) in [7, 11) is 0. The van der Waals surface area contributed by atoms with Gasteiger partial charge in [0.2, 0.25) is 5.91 Å². The molecule has 0 aromatic heterocycles. The topological polar surface area (TPSA) is 29.1 Å². The average Bonchev–Trinajstić information content (AvgIpc) is 2.89. The number of amides is 1. The summed E-state index contributed by atoms with van der Waals surface area (Å²) in [4.78, 5) is 11.8. The van der Waals surface area contributed by atoms with Crippen LogP contribution < -0.4 is 5.32 Å². The zero-order chi connectivity index (χ0) is 13.2. The quantitative estimate of drug-likeness (QED) is 0.687. The highest BCUT2D eigenvalue weighted by atomic mass is 32.2. The molecule has 1 amide bonds. The fraction of sp³-hybridized carbons (Fsp3) is 0.933.